The molecule has 120 valence electrons. The maximum Gasteiger partial charge on any atom is 0.109 e. The van der Waals surface area contributed by atoms with Crippen LogP contribution in [0.1, 0.15) is 13.8 Å². The van der Waals surface area contributed by atoms with Crippen molar-refractivity contribution < 1.29 is 4.74 Å². The summed E-state index contributed by atoms with van der Waals surface area (Å²) in [5.41, 5.74) is 8.54. The Morgan fingerprint density at radius 3 is 2.13 bits per heavy atom. The summed E-state index contributed by atoms with van der Waals surface area (Å²) < 4.78 is 5.61. The van der Waals surface area contributed by atoms with Crippen LogP contribution in [0.4, 0.5) is 11.4 Å². The van der Waals surface area contributed by atoms with E-state index in [0.717, 1.165) is 11.4 Å². The molecule has 23 heavy (non-hydrogen) atoms. The third-order valence-corrected chi connectivity index (χ3v) is 3.09. The van der Waals surface area contributed by atoms with Crippen molar-refractivity contribution in [2.24, 2.45) is 10.2 Å². The molecule has 0 bridgehead atoms. The molecule has 0 aliphatic rings. The van der Waals surface area contributed by atoms with E-state index in [1.165, 1.54) is 0 Å². The highest BCUT2D eigenvalue weighted by Crippen LogP contribution is 2.06. The molecule has 2 N–H and O–H groups in total. The Morgan fingerprint density at radius 2 is 1.57 bits per heavy atom. The van der Waals surface area contributed by atoms with Gasteiger partial charge in [0.1, 0.15) is 11.8 Å². The minimum absolute atomic E-state index is 0.155. The summed E-state index contributed by atoms with van der Waals surface area (Å²) in [5, 5.41) is 8.63. The third-order valence-electron chi connectivity index (χ3n) is 3.09. The second-order valence-electron chi connectivity index (χ2n) is 4.85. The van der Waals surface area contributed by atoms with Crippen molar-refractivity contribution >= 4 is 23.3 Å². The lowest BCUT2D eigenvalue weighted by Crippen LogP contribution is -2.23. The lowest BCUT2D eigenvalue weighted by molar-refractivity contribution is 0.123. The first-order chi connectivity index (χ1) is 11.3. The van der Waals surface area contributed by atoms with Gasteiger partial charge in [0.25, 0.3) is 0 Å². The zero-order valence-electron chi connectivity index (χ0n) is 13.4. The average molecular weight is 310 g/mol. The minimum atomic E-state index is -0.155. The number of hydrazone groups is 2. The Kier molecular flexibility index (Phi) is 6.81. The number of nitrogens with one attached hydrogen (secondary N) is 2. The van der Waals surface area contributed by atoms with E-state index in [4.69, 9.17) is 4.74 Å². The molecule has 2 aromatic carbocycles. The molecule has 0 amide bonds. The van der Waals surface area contributed by atoms with Crippen LogP contribution in [0.25, 0.3) is 0 Å². The van der Waals surface area contributed by atoms with Gasteiger partial charge in [-0.05, 0) is 38.1 Å². The molecule has 0 unspecified atom stereocenters. The van der Waals surface area contributed by atoms with E-state index in [9.17, 15) is 0 Å². The van der Waals surface area contributed by atoms with Crippen molar-refractivity contribution in [2.45, 2.75) is 20.0 Å². The Balaban J connectivity index is 2.04. The van der Waals surface area contributed by atoms with Crippen molar-refractivity contribution in [1.29, 1.82) is 0 Å². The smallest absolute Gasteiger partial charge is 0.109 e. The topological polar surface area (TPSA) is 58.0 Å². The van der Waals surface area contributed by atoms with Crippen LogP contribution in [-0.4, -0.2) is 24.6 Å². The summed E-state index contributed by atoms with van der Waals surface area (Å²) in [6.45, 7) is 4.52. The molecule has 5 heteroatoms. The molecule has 2 aromatic rings. The molecular weight excluding hydrogens is 288 g/mol. The van der Waals surface area contributed by atoms with Crippen LogP contribution >= 0.6 is 0 Å². The van der Waals surface area contributed by atoms with Gasteiger partial charge >= 0.3 is 0 Å². The number of ether oxygens (including phenoxy) is 1. The van der Waals surface area contributed by atoms with E-state index in [-0.39, 0.29) is 6.10 Å². The second-order valence-corrected chi connectivity index (χ2v) is 4.85. The molecule has 0 aromatic heterocycles. The maximum atomic E-state index is 5.61. The summed E-state index contributed by atoms with van der Waals surface area (Å²) in [6.07, 6.45) is 1.51. The zero-order valence-corrected chi connectivity index (χ0v) is 13.4. The van der Waals surface area contributed by atoms with Crippen LogP contribution in [0.5, 0.6) is 0 Å². The van der Waals surface area contributed by atoms with Gasteiger partial charge < -0.3 is 4.74 Å². The Morgan fingerprint density at radius 1 is 1.00 bits per heavy atom. The number of hydrogen-bond acceptors (Lipinski definition) is 5. The Bertz CT molecular complexity index is 626. The molecule has 0 fully saturated rings. The van der Waals surface area contributed by atoms with Crippen LogP contribution in [-0.2, 0) is 4.74 Å². The van der Waals surface area contributed by atoms with Gasteiger partial charge in [-0.15, -0.1) is 0 Å². The fourth-order valence-corrected chi connectivity index (χ4v) is 1.89. The fraction of sp³-hybridized carbons (Fsp3) is 0.222. The quantitative estimate of drug-likeness (QED) is 0.573. The van der Waals surface area contributed by atoms with Gasteiger partial charge in [-0.1, -0.05) is 36.4 Å². The summed E-state index contributed by atoms with van der Waals surface area (Å²) >= 11 is 0. The average Bonchev–Trinajstić information content (AvgIpc) is 2.60. The van der Waals surface area contributed by atoms with E-state index in [2.05, 4.69) is 21.1 Å². The van der Waals surface area contributed by atoms with Crippen LogP contribution in [0.15, 0.2) is 70.9 Å². The van der Waals surface area contributed by atoms with Gasteiger partial charge in [0.05, 0.1) is 17.6 Å². The van der Waals surface area contributed by atoms with Crippen molar-refractivity contribution in [1.82, 2.24) is 0 Å². The number of rotatable bonds is 8. The van der Waals surface area contributed by atoms with E-state index in [1.807, 2.05) is 74.5 Å². The Hall–Kier alpha value is -2.66. The van der Waals surface area contributed by atoms with Crippen molar-refractivity contribution in [3.05, 3.63) is 60.7 Å². The molecule has 1 atom stereocenters. The van der Waals surface area contributed by atoms with Gasteiger partial charge in [-0.25, -0.2) is 0 Å². The Labute approximate surface area is 137 Å². The fourth-order valence-electron chi connectivity index (χ4n) is 1.89. The van der Waals surface area contributed by atoms with E-state index in [0.29, 0.717) is 12.3 Å². The molecule has 5 nitrogen and oxygen atoms in total. The largest absolute Gasteiger partial charge is 0.372 e. The first-order valence-corrected chi connectivity index (χ1v) is 7.64. The molecule has 0 spiro atoms. The number of para-hydroxylation sites is 2. The van der Waals surface area contributed by atoms with E-state index >= 15 is 0 Å². The maximum absolute atomic E-state index is 5.61. The minimum Gasteiger partial charge on any atom is -0.372 e. The number of hydrogen-bond donors (Lipinski definition) is 2. The van der Waals surface area contributed by atoms with Gasteiger partial charge in [-0.2, -0.15) is 10.2 Å². The van der Waals surface area contributed by atoms with E-state index in [1.54, 1.807) is 6.21 Å². The highest BCUT2D eigenvalue weighted by Gasteiger charge is 2.08. The number of anilines is 2. The summed E-state index contributed by atoms with van der Waals surface area (Å²) in [7, 11) is 0. The first kappa shape index (κ1) is 16.7. The van der Waals surface area contributed by atoms with Crippen molar-refractivity contribution in [3.63, 3.8) is 0 Å². The van der Waals surface area contributed by atoms with Crippen LogP contribution in [0.3, 0.4) is 0 Å². The second kappa shape index (κ2) is 9.38. The van der Waals surface area contributed by atoms with Gasteiger partial charge in [-0.3, -0.25) is 10.9 Å². The summed E-state index contributed by atoms with van der Waals surface area (Å²) in [6, 6.07) is 19.5. The van der Waals surface area contributed by atoms with Crippen LogP contribution in [0.2, 0.25) is 0 Å². The number of nitrogens with zero attached hydrogens (tertiary/aromatic N) is 2. The van der Waals surface area contributed by atoms with Crippen LogP contribution in [0, 0.1) is 0 Å². The molecule has 0 aliphatic heterocycles. The van der Waals surface area contributed by atoms with Gasteiger partial charge in [0.2, 0.25) is 0 Å². The monoisotopic (exact) mass is 310 g/mol. The normalized spacial score (nSPS) is 13.0. The van der Waals surface area contributed by atoms with Gasteiger partial charge in [0.15, 0.2) is 0 Å². The van der Waals surface area contributed by atoms with Gasteiger partial charge in [0, 0.05) is 6.61 Å². The lowest BCUT2D eigenvalue weighted by Gasteiger charge is -2.12. The lowest BCUT2D eigenvalue weighted by atomic mass is 10.2. The molecule has 0 saturated carbocycles. The molecule has 2 rings (SSSR count). The first-order valence-electron chi connectivity index (χ1n) is 7.64. The molecular formula is C18H22N4O. The highest BCUT2D eigenvalue weighted by molar-refractivity contribution is 6.32. The SMILES string of the molecule is CCO[C@@H](C)C(/C=N\Nc1ccccc1)=N/Nc1ccccc1. The van der Waals surface area contributed by atoms with E-state index < -0.39 is 0 Å². The predicted molar refractivity (Wildman–Crippen MR) is 97.1 cm³/mol. The molecule has 0 aliphatic carbocycles. The van der Waals surface area contributed by atoms with Crippen LogP contribution < -0.4 is 10.9 Å². The molecule has 0 saturated heterocycles. The molecule has 0 radical (unpaired) electrons. The third kappa shape index (κ3) is 5.92. The number of benzene rings is 2. The standard InChI is InChI=1S/C18H22N4O/c1-3-23-15(2)18(22-21-17-12-8-5-9-13-17)14-19-20-16-10-6-4-7-11-16/h4-15,20-21H,3H2,1-2H3/b19-14-,22-18+/t15-/m0/s1. The molecule has 0 heterocycles. The van der Waals surface area contributed by atoms with Crippen molar-refractivity contribution in [2.75, 3.05) is 17.5 Å². The summed E-state index contributed by atoms with van der Waals surface area (Å²) in [4.78, 5) is 0. The predicted octanol–water partition coefficient (Wildman–Crippen LogP) is 3.98. The summed E-state index contributed by atoms with van der Waals surface area (Å²) in [5.74, 6) is 0. The zero-order chi connectivity index (χ0) is 16.3. The van der Waals surface area contributed by atoms with Crippen molar-refractivity contribution in [3.8, 4) is 0 Å². The highest BCUT2D eigenvalue weighted by atomic mass is 16.5.